The Morgan fingerprint density at radius 3 is 2.53 bits per heavy atom. The number of anilines is 1. The van der Waals surface area contributed by atoms with Gasteiger partial charge in [0.15, 0.2) is 11.3 Å². The molecular weight excluding hydrogens is 257 g/mol. The van der Waals surface area contributed by atoms with E-state index >= 15 is 0 Å². The summed E-state index contributed by atoms with van der Waals surface area (Å²) in [4.78, 5) is 3.92. The second-order valence-electron chi connectivity index (χ2n) is 4.88. The first-order valence-electron chi connectivity index (χ1n) is 6.18. The number of rotatable bonds is 1. The maximum atomic E-state index is 12.7. The van der Waals surface area contributed by atoms with Crippen LogP contribution in [0, 0.1) is 0 Å². The zero-order valence-corrected chi connectivity index (χ0v) is 10.1. The lowest BCUT2D eigenvalue weighted by Gasteiger charge is -2.11. The van der Waals surface area contributed by atoms with Crippen LogP contribution in [0.15, 0.2) is 12.1 Å². The van der Waals surface area contributed by atoms with Crippen molar-refractivity contribution in [3.8, 4) is 0 Å². The standard InChI is InChI=1S/C12H13F3N4/c13-12(14,15)9-6-11-17-10(16)5-8(19(11)18-9)7-3-1-2-4-7/h5-7H,1-4H2,(H2,16,17). The minimum absolute atomic E-state index is 0.161. The summed E-state index contributed by atoms with van der Waals surface area (Å²) in [5.74, 6) is 0.455. The van der Waals surface area contributed by atoms with E-state index in [-0.39, 0.29) is 17.4 Å². The van der Waals surface area contributed by atoms with Crippen LogP contribution < -0.4 is 5.73 Å². The Bertz CT molecular complexity index is 611. The van der Waals surface area contributed by atoms with E-state index in [1.165, 1.54) is 4.52 Å². The number of nitrogens with zero attached hydrogens (tertiary/aromatic N) is 3. The van der Waals surface area contributed by atoms with Gasteiger partial charge >= 0.3 is 6.18 Å². The average Bonchev–Trinajstić information content (AvgIpc) is 2.95. The first-order chi connectivity index (χ1) is 8.95. The van der Waals surface area contributed by atoms with Crippen molar-refractivity contribution in [3.05, 3.63) is 23.5 Å². The minimum atomic E-state index is -4.46. The molecule has 2 N–H and O–H groups in total. The molecule has 0 bridgehead atoms. The van der Waals surface area contributed by atoms with Gasteiger partial charge in [-0.15, -0.1) is 0 Å². The van der Waals surface area contributed by atoms with Gasteiger partial charge in [0, 0.05) is 18.1 Å². The molecule has 2 aromatic rings. The summed E-state index contributed by atoms with van der Waals surface area (Å²) in [6, 6.07) is 2.57. The number of nitrogens with two attached hydrogens (primary N) is 1. The van der Waals surface area contributed by atoms with Gasteiger partial charge in [0.2, 0.25) is 0 Å². The van der Waals surface area contributed by atoms with E-state index < -0.39 is 11.9 Å². The Morgan fingerprint density at radius 2 is 1.89 bits per heavy atom. The van der Waals surface area contributed by atoms with Crippen LogP contribution >= 0.6 is 0 Å². The molecule has 3 rings (SSSR count). The molecule has 19 heavy (non-hydrogen) atoms. The van der Waals surface area contributed by atoms with Crippen LogP contribution in [0.1, 0.15) is 43.0 Å². The Labute approximate surface area is 107 Å². The zero-order chi connectivity index (χ0) is 13.6. The first-order valence-corrected chi connectivity index (χ1v) is 6.18. The largest absolute Gasteiger partial charge is 0.435 e. The van der Waals surface area contributed by atoms with Crippen LogP contribution in [0.3, 0.4) is 0 Å². The van der Waals surface area contributed by atoms with Gasteiger partial charge in [0.25, 0.3) is 0 Å². The van der Waals surface area contributed by atoms with Gasteiger partial charge in [-0.1, -0.05) is 12.8 Å². The van der Waals surface area contributed by atoms with Gasteiger partial charge in [-0.2, -0.15) is 18.3 Å². The smallest absolute Gasteiger partial charge is 0.384 e. The second-order valence-corrected chi connectivity index (χ2v) is 4.88. The fourth-order valence-corrected chi connectivity index (χ4v) is 2.67. The SMILES string of the molecule is Nc1cc(C2CCCC2)n2nc(C(F)(F)F)cc2n1. The summed E-state index contributed by atoms with van der Waals surface area (Å²) in [6.07, 6.45) is -0.376. The molecule has 0 aromatic carbocycles. The fourth-order valence-electron chi connectivity index (χ4n) is 2.67. The molecule has 7 heteroatoms. The van der Waals surface area contributed by atoms with Crippen molar-refractivity contribution < 1.29 is 13.2 Å². The van der Waals surface area contributed by atoms with E-state index in [1.807, 2.05) is 0 Å². The Kier molecular flexibility index (Phi) is 2.65. The molecule has 2 heterocycles. The van der Waals surface area contributed by atoms with Crippen molar-refractivity contribution in [3.63, 3.8) is 0 Å². The highest BCUT2D eigenvalue weighted by molar-refractivity contribution is 5.48. The van der Waals surface area contributed by atoms with Crippen molar-refractivity contribution in [2.45, 2.75) is 37.8 Å². The summed E-state index contributed by atoms with van der Waals surface area (Å²) < 4.78 is 39.4. The summed E-state index contributed by atoms with van der Waals surface area (Å²) in [7, 11) is 0. The summed E-state index contributed by atoms with van der Waals surface area (Å²) in [6.45, 7) is 0. The van der Waals surface area contributed by atoms with E-state index in [0.717, 1.165) is 37.4 Å². The van der Waals surface area contributed by atoms with E-state index in [2.05, 4.69) is 10.1 Å². The lowest BCUT2D eigenvalue weighted by molar-refractivity contribution is -0.141. The minimum Gasteiger partial charge on any atom is -0.384 e. The molecule has 1 saturated carbocycles. The maximum absolute atomic E-state index is 12.7. The zero-order valence-electron chi connectivity index (χ0n) is 10.1. The van der Waals surface area contributed by atoms with Gasteiger partial charge in [-0.3, -0.25) is 0 Å². The highest BCUT2D eigenvalue weighted by Gasteiger charge is 2.35. The maximum Gasteiger partial charge on any atom is 0.435 e. The Balaban J connectivity index is 2.17. The van der Waals surface area contributed by atoms with Gasteiger partial charge in [0.1, 0.15) is 5.82 Å². The third kappa shape index (κ3) is 2.13. The number of fused-ring (bicyclic) bond motifs is 1. The van der Waals surface area contributed by atoms with E-state index in [4.69, 9.17) is 5.73 Å². The van der Waals surface area contributed by atoms with Gasteiger partial charge in [0.05, 0.1) is 5.69 Å². The van der Waals surface area contributed by atoms with Crippen molar-refractivity contribution in [1.82, 2.24) is 14.6 Å². The van der Waals surface area contributed by atoms with Crippen LogP contribution in [0.2, 0.25) is 0 Å². The first kappa shape index (κ1) is 12.3. The number of alkyl halides is 3. The monoisotopic (exact) mass is 270 g/mol. The average molecular weight is 270 g/mol. The van der Waals surface area contributed by atoms with E-state index in [0.29, 0.717) is 0 Å². The molecule has 1 aliphatic rings. The van der Waals surface area contributed by atoms with Gasteiger partial charge < -0.3 is 5.73 Å². The number of aromatic nitrogens is 3. The molecule has 0 amide bonds. The molecular formula is C12H13F3N4. The molecule has 0 spiro atoms. The van der Waals surface area contributed by atoms with Crippen molar-refractivity contribution in [2.75, 3.05) is 5.73 Å². The highest BCUT2D eigenvalue weighted by Crippen LogP contribution is 2.36. The van der Waals surface area contributed by atoms with Crippen LogP contribution in [-0.4, -0.2) is 14.6 Å². The lowest BCUT2D eigenvalue weighted by atomic mass is 10.0. The third-order valence-corrected chi connectivity index (χ3v) is 3.54. The summed E-state index contributed by atoms with van der Waals surface area (Å²) >= 11 is 0. The molecule has 0 radical (unpaired) electrons. The topological polar surface area (TPSA) is 56.2 Å². The summed E-state index contributed by atoms with van der Waals surface area (Å²) in [5.41, 5.74) is 5.64. The van der Waals surface area contributed by atoms with Crippen LogP contribution in [0.5, 0.6) is 0 Å². The molecule has 0 unspecified atom stereocenters. The quantitative estimate of drug-likeness (QED) is 0.866. The van der Waals surface area contributed by atoms with Crippen molar-refractivity contribution >= 4 is 11.5 Å². The molecule has 102 valence electrons. The number of nitrogen functional groups attached to an aromatic ring is 1. The molecule has 4 nitrogen and oxygen atoms in total. The van der Waals surface area contributed by atoms with E-state index in [9.17, 15) is 13.2 Å². The predicted octanol–water partition coefficient (Wildman–Crippen LogP) is 2.99. The Hall–Kier alpha value is -1.79. The molecule has 1 fully saturated rings. The predicted molar refractivity (Wildman–Crippen MR) is 63.6 cm³/mol. The number of hydrogen-bond donors (Lipinski definition) is 1. The number of hydrogen-bond acceptors (Lipinski definition) is 3. The molecule has 0 atom stereocenters. The normalized spacial score (nSPS) is 17.4. The molecule has 2 aromatic heterocycles. The molecule has 0 saturated heterocycles. The highest BCUT2D eigenvalue weighted by atomic mass is 19.4. The van der Waals surface area contributed by atoms with Crippen LogP contribution in [-0.2, 0) is 6.18 Å². The molecule has 1 aliphatic carbocycles. The fraction of sp³-hybridized carbons (Fsp3) is 0.500. The van der Waals surface area contributed by atoms with Crippen LogP contribution in [0.25, 0.3) is 5.65 Å². The lowest BCUT2D eigenvalue weighted by Crippen LogP contribution is -2.09. The number of halogens is 3. The summed E-state index contributed by atoms with van der Waals surface area (Å²) in [5, 5.41) is 3.64. The van der Waals surface area contributed by atoms with Crippen molar-refractivity contribution in [1.29, 1.82) is 0 Å². The third-order valence-electron chi connectivity index (χ3n) is 3.54. The second kappa shape index (κ2) is 4.11. The Morgan fingerprint density at radius 1 is 1.21 bits per heavy atom. The van der Waals surface area contributed by atoms with Crippen LogP contribution in [0.4, 0.5) is 19.0 Å². The molecule has 0 aliphatic heterocycles. The van der Waals surface area contributed by atoms with Crippen molar-refractivity contribution in [2.24, 2.45) is 0 Å². The van der Waals surface area contributed by atoms with Gasteiger partial charge in [-0.05, 0) is 12.8 Å². The van der Waals surface area contributed by atoms with E-state index in [1.54, 1.807) is 6.07 Å². The van der Waals surface area contributed by atoms with Gasteiger partial charge in [-0.25, -0.2) is 9.50 Å².